The van der Waals surface area contributed by atoms with Crippen LogP contribution in [0, 0.1) is 0 Å². The number of carbonyl (C=O) groups excluding carboxylic acids is 2. The van der Waals surface area contributed by atoms with Gasteiger partial charge < -0.3 is 15.1 Å². The van der Waals surface area contributed by atoms with Crippen LogP contribution in [-0.4, -0.2) is 71.9 Å². The highest BCUT2D eigenvalue weighted by atomic mass is 32.2. The molecule has 2 amide bonds. The minimum absolute atomic E-state index is 0.199. The molecule has 0 aromatic carbocycles. The van der Waals surface area contributed by atoms with Gasteiger partial charge in [0.2, 0.25) is 11.8 Å². The fourth-order valence-electron chi connectivity index (χ4n) is 2.73. The lowest BCUT2D eigenvalue weighted by atomic mass is 10.2. The smallest absolute Gasteiger partial charge is 0.224 e. The van der Waals surface area contributed by atoms with Crippen molar-refractivity contribution in [1.82, 2.24) is 15.1 Å². The lowest BCUT2D eigenvalue weighted by Crippen LogP contribution is -2.43. The lowest BCUT2D eigenvalue weighted by Gasteiger charge is -2.26. The molecule has 2 rings (SSSR count). The summed E-state index contributed by atoms with van der Waals surface area (Å²) in [5.74, 6) is 2.60. The maximum absolute atomic E-state index is 12.3. The molecule has 0 radical (unpaired) electrons. The van der Waals surface area contributed by atoms with E-state index in [0.717, 1.165) is 37.6 Å². The van der Waals surface area contributed by atoms with Crippen LogP contribution >= 0.6 is 11.8 Å². The first-order chi connectivity index (χ1) is 9.70. The van der Waals surface area contributed by atoms with Gasteiger partial charge in [-0.1, -0.05) is 6.92 Å². The number of nitrogens with zero attached hydrogens (tertiary/aromatic N) is 2. The highest BCUT2D eigenvalue weighted by Gasteiger charge is 2.24. The Labute approximate surface area is 125 Å². The molecule has 1 N–H and O–H groups in total. The van der Waals surface area contributed by atoms with Gasteiger partial charge in [0, 0.05) is 63.1 Å². The third-order valence-corrected chi connectivity index (χ3v) is 5.05. The molecule has 0 saturated carbocycles. The Morgan fingerprint density at radius 3 is 2.45 bits per heavy atom. The highest BCUT2D eigenvalue weighted by molar-refractivity contribution is 7.99. The Bertz CT molecular complexity index is 345. The molecule has 2 fully saturated rings. The number of nitrogens with one attached hydrogen (secondary N) is 1. The first-order valence-electron chi connectivity index (χ1n) is 7.57. The van der Waals surface area contributed by atoms with E-state index in [9.17, 15) is 9.59 Å². The number of thioether (sulfide) groups is 1. The third-order valence-electron chi connectivity index (χ3n) is 3.92. The van der Waals surface area contributed by atoms with Crippen LogP contribution in [0.5, 0.6) is 0 Å². The van der Waals surface area contributed by atoms with E-state index in [1.807, 2.05) is 28.5 Å². The largest absolute Gasteiger partial charge is 0.341 e. The molecule has 20 heavy (non-hydrogen) atoms. The Morgan fingerprint density at radius 1 is 1.15 bits per heavy atom. The Kier molecular flexibility index (Phi) is 6.16. The molecule has 2 aliphatic heterocycles. The maximum Gasteiger partial charge on any atom is 0.224 e. The molecule has 1 unspecified atom stereocenters. The van der Waals surface area contributed by atoms with Crippen molar-refractivity contribution in [1.29, 1.82) is 0 Å². The minimum Gasteiger partial charge on any atom is -0.341 e. The molecule has 0 aromatic heterocycles. The zero-order valence-corrected chi connectivity index (χ0v) is 13.1. The topological polar surface area (TPSA) is 52.7 Å². The van der Waals surface area contributed by atoms with Crippen LogP contribution < -0.4 is 5.32 Å². The van der Waals surface area contributed by atoms with Gasteiger partial charge in [0.1, 0.15) is 0 Å². The minimum atomic E-state index is 0.199. The summed E-state index contributed by atoms with van der Waals surface area (Å²) < 4.78 is 0. The van der Waals surface area contributed by atoms with Crippen molar-refractivity contribution < 1.29 is 9.59 Å². The van der Waals surface area contributed by atoms with Gasteiger partial charge in [-0.3, -0.25) is 9.59 Å². The van der Waals surface area contributed by atoms with Gasteiger partial charge in [-0.15, -0.1) is 0 Å². The Morgan fingerprint density at radius 2 is 1.85 bits per heavy atom. The van der Waals surface area contributed by atoms with Crippen LogP contribution in [0.2, 0.25) is 0 Å². The van der Waals surface area contributed by atoms with Crippen LogP contribution in [-0.2, 0) is 9.59 Å². The molecule has 2 heterocycles. The first kappa shape index (κ1) is 15.6. The number of hydrogen-bond acceptors (Lipinski definition) is 4. The number of rotatable bonds is 3. The number of carbonyl (C=O) groups is 2. The number of hydrogen-bond donors (Lipinski definition) is 1. The van der Waals surface area contributed by atoms with Gasteiger partial charge in [0.05, 0.1) is 0 Å². The van der Waals surface area contributed by atoms with Crippen molar-refractivity contribution in [3.8, 4) is 0 Å². The zero-order chi connectivity index (χ0) is 14.4. The summed E-state index contributed by atoms with van der Waals surface area (Å²) >= 11 is 1.92. The highest BCUT2D eigenvalue weighted by Crippen LogP contribution is 2.13. The fraction of sp³-hybridized carbons (Fsp3) is 0.857. The zero-order valence-electron chi connectivity index (χ0n) is 12.3. The summed E-state index contributed by atoms with van der Waals surface area (Å²) in [6.45, 7) is 5.83. The van der Waals surface area contributed by atoms with Crippen LogP contribution in [0.4, 0.5) is 0 Å². The van der Waals surface area contributed by atoms with E-state index in [1.54, 1.807) is 0 Å². The second-order valence-electron chi connectivity index (χ2n) is 5.40. The van der Waals surface area contributed by atoms with Crippen molar-refractivity contribution in [3.05, 3.63) is 0 Å². The molecule has 6 heteroatoms. The molecular formula is C14H25N3O2S. The van der Waals surface area contributed by atoms with Crippen LogP contribution in [0.15, 0.2) is 0 Å². The second-order valence-corrected chi connectivity index (χ2v) is 6.55. The maximum atomic E-state index is 12.3. The monoisotopic (exact) mass is 299 g/mol. The van der Waals surface area contributed by atoms with Crippen molar-refractivity contribution in [3.63, 3.8) is 0 Å². The van der Waals surface area contributed by atoms with E-state index in [1.165, 1.54) is 0 Å². The van der Waals surface area contributed by atoms with Gasteiger partial charge in [-0.05, 0) is 6.42 Å². The van der Waals surface area contributed by atoms with Crippen molar-refractivity contribution in [2.45, 2.75) is 32.2 Å². The van der Waals surface area contributed by atoms with Gasteiger partial charge in [-0.25, -0.2) is 0 Å². The van der Waals surface area contributed by atoms with E-state index >= 15 is 0 Å². The second kappa shape index (κ2) is 7.88. The molecule has 114 valence electrons. The molecule has 0 bridgehead atoms. The van der Waals surface area contributed by atoms with Gasteiger partial charge in [-0.2, -0.15) is 11.8 Å². The molecule has 2 saturated heterocycles. The summed E-state index contributed by atoms with van der Waals surface area (Å²) in [4.78, 5) is 27.9. The standard InChI is InChI=1S/C14H25N3O2S/c1-2-13(18)16-5-3-6-17(8-7-16)14(19)10-12-11-20-9-4-15-12/h12,15H,2-11H2,1H3. The summed E-state index contributed by atoms with van der Waals surface area (Å²) in [6, 6.07) is 0.317. The molecule has 1 atom stereocenters. The Balaban J connectivity index is 1.80. The quantitative estimate of drug-likeness (QED) is 0.827. The van der Waals surface area contributed by atoms with Crippen molar-refractivity contribution in [2.24, 2.45) is 0 Å². The summed E-state index contributed by atoms with van der Waals surface area (Å²) in [5.41, 5.74) is 0. The fourth-order valence-corrected chi connectivity index (χ4v) is 3.68. The van der Waals surface area contributed by atoms with E-state index in [2.05, 4.69) is 5.32 Å². The lowest BCUT2D eigenvalue weighted by molar-refractivity contribution is -0.133. The summed E-state index contributed by atoms with van der Waals surface area (Å²) in [7, 11) is 0. The van der Waals surface area contributed by atoms with Crippen molar-refractivity contribution >= 4 is 23.6 Å². The van der Waals surface area contributed by atoms with E-state index in [0.29, 0.717) is 32.0 Å². The van der Waals surface area contributed by atoms with Crippen LogP contribution in [0.25, 0.3) is 0 Å². The SMILES string of the molecule is CCC(=O)N1CCCN(C(=O)CC2CSCCN2)CC1. The van der Waals surface area contributed by atoms with Gasteiger partial charge >= 0.3 is 0 Å². The first-order valence-corrected chi connectivity index (χ1v) is 8.73. The average Bonchev–Trinajstić information content (AvgIpc) is 2.73. The predicted molar refractivity (Wildman–Crippen MR) is 81.8 cm³/mol. The molecule has 5 nitrogen and oxygen atoms in total. The average molecular weight is 299 g/mol. The molecule has 0 spiro atoms. The molecule has 2 aliphatic rings. The van der Waals surface area contributed by atoms with Crippen LogP contribution in [0.3, 0.4) is 0 Å². The normalized spacial score (nSPS) is 24.4. The van der Waals surface area contributed by atoms with Gasteiger partial charge in [0.15, 0.2) is 0 Å². The predicted octanol–water partition coefficient (Wildman–Crippen LogP) is 0.552. The Hall–Kier alpha value is -0.750. The van der Waals surface area contributed by atoms with E-state index in [-0.39, 0.29) is 11.8 Å². The number of amides is 2. The van der Waals surface area contributed by atoms with E-state index in [4.69, 9.17) is 0 Å². The molecular weight excluding hydrogens is 274 g/mol. The summed E-state index contributed by atoms with van der Waals surface area (Å²) in [6.07, 6.45) is 2.04. The summed E-state index contributed by atoms with van der Waals surface area (Å²) in [5, 5.41) is 3.41. The molecule has 0 aliphatic carbocycles. The molecule has 0 aromatic rings. The van der Waals surface area contributed by atoms with E-state index < -0.39 is 0 Å². The van der Waals surface area contributed by atoms with Gasteiger partial charge in [0.25, 0.3) is 0 Å². The van der Waals surface area contributed by atoms with Crippen LogP contribution in [0.1, 0.15) is 26.2 Å². The van der Waals surface area contributed by atoms with Crippen molar-refractivity contribution in [2.75, 3.05) is 44.2 Å². The third kappa shape index (κ3) is 4.38.